The number of nitrogens with zero attached hydrogens (tertiary/aromatic N) is 1. The molecule has 0 unspecified atom stereocenters. The standard InChI is InChI=1S/C11H10BrNO3/c1-2-16-10(14)5-7-3-8(6-13)11(15)9(12)4-7/h3-4,15H,2,5H2,1H3. The summed E-state index contributed by atoms with van der Waals surface area (Å²) < 4.78 is 5.18. The molecule has 0 saturated carbocycles. The molecule has 0 aliphatic heterocycles. The molecule has 4 nitrogen and oxygen atoms in total. The van der Waals surface area contributed by atoms with Gasteiger partial charge in [0.1, 0.15) is 11.8 Å². The van der Waals surface area contributed by atoms with Crippen LogP contribution in [-0.4, -0.2) is 17.7 Å². The van der Waals surface area contributed by atoms with E-state index in [0.717, 1.165) is 0 Å². The van der Waals surface area contributed by atoms with Crippen molar-refractivity contribution in [3.63, 3.8) is 0 Å². The predicted octanol–water partition coefficient (Wildman–Crippen LogP) is 2.13. The number of halogens is 1. The second-order valence-corrected chi connectivity index (χ2v) is 3.92. The van der Waals surface area contributed by atoms with Gasteiger partial charge in [-0.3, -0.25) is 4.79 Å². The average molecular weight is 284 g/mol. The van der Waals surface area contributed by atoms with E-state index < -0.39 is 0 Å². The summed E-state index contributed by atoms with van der Waals surface area (Å²) in [4.78, 5) is 11.2. The number of phenols is 1. The van der Waals surface area contributed by atoms with Crippen LogP contribution in [0.1, 0.15) is 18.1 Å². The van der Waals surface area contributed by atoms with Crippen LogP contribution in [0.4, 0.5) is 0 Å². The zero-order chi connectivity index (χ0) is 12.1. The topological polar surface area (TPSA) is 70.3 Å². The Bertz CT molecular complexity index is 451. The van der Waals surface area contributed by atoms with Gasteiger partial charge in [-0.1, -0.05) is 0 Å². The van der Waals surface area contributed by atoms with E-state index in [1.165, 1.54) is 6.07 Å². The SMILES string of the molecule is CCOC(=O)Cc1cc(Br)c(O)c(C#N)c1. The molecule has 0 fully saturated rings. The van der Waals surface area contributed by atoms with Crippen LogP contribution < -0.4 is 0 Å². The van der Waals surface area contributed by atoms with Crippen LogP contribution in [0.2, 0.25) is 0 Å². The lowest BCUT2D eigenvalue weighted by Gasteiger charge is -2.05. The van der Waals surface area contributed by atoms with Crippen molar-refractivity contribution in [2.75, 3.05) is 6.61 Å². The number of esters is 1. The minimum atomic E-state index is -0.357. The molecule has 1 aromatic carbocycles. The number of carbonyl (C=O) groups excluding carboxylic acids is 1. The van der Waals surface area contributed by atoms with Crippen molar-refractivity contribution >= 4 is 21.9 Å². The molecular formula is C11H10BrNO3. The number of benzene rings is 1. The van der Waals surface area contributed by atoms with Crippen molar-refractivity contribution in [1.82, 2.24) is 0 Å². The van der Waals surface area contributed by atoms with Gasteiger partial charge in [0.25, 0.3) is 0 Å². The lowest BCUT2D eigenvalue weighted by Crippen LogP contribution is -2.07. The van der Waals surface area contributed by atoms with Crippen molar-refractivity contribution in [2.24, 2.45) is 0 Å². The fourth-order valence-corrected chi connectivity index (χ4v) is 1.73. The smallest absolute Gasteiger partial charge is 0.310 e. The molecule has 0 bridgehead atoms. The van der Waals surface area contributed by atoms with Crippen LogP contribution >= 0.6 is 15.9 Å². The van der Waals surface area contributed by atoms with Crippen LogP contribution in [0.5, 0.6) is 5.75 Å². The normalized spacial score (nSPS) is 9.56. The monoisotopic (exact) mass is 283 g/mol. The fraction of sp³-hybridized carbons (Fsp3) is 0.273. The third-order valence-electron chi connectivity index (χ3n) is 1.90. The summed E-state index contributed by atoms with van der Waals surface area (Å²) in [6.45, 7) is 2.05. The van der Waals surface area contributed by atoms with Crippen molar-refractivity contribution in [1.29, 1.82) is 5.26 Å². The summed E-state index contributed by atoms with van der Waals surface area (Å²) in [5.74, 6) is -0.473. The van der Waals surface area contributed by atoms with Gasteiger partial charge >= 0.3 is 5.97 Å². The van der Waals surface area contributed by atoms with Crippen LogP contribution in [0.25, 0.3) is 0 Å². The van der Waals surface area contributed by atoms with Gasteiger partial charge in [-0.15, -0.1) is 0 Å². The van der Waals surface area contributed by atoms with E-state index in [9.17, 15) is 9.90 Å². The second kappa shape index (κ2) is 5.52. The number of rotatable bonds is 3. The second-order valence-electron chi connectivity index (χ2n) is 3.07. The summed E-state index contributed by atoms with van der Waals surface area (Å²) in [7, 11) is 0. The first-order chi connectivity index (χ1) is 7.58. The first-order valence-electron chi connectivity index (χ1n) is 4.65. The highest BCUT2D eigenvalue weighted by Gasteiger charge is 2.10. The number of aromatic hydroxyl groups is 1. The Hall–Kier alpha value is -1.54. The highest BCUT2D eigenvalue weighted by molar-refractivity contribution is 9.10. The molecule has 0 spiro atoms. The fourth-order valence-electron chi connectivity index (χ4n) is 1.22. The minimum Gasteiger partial charge on any atom is -0.505 e. The number of phenolic OH excluding ortho intramolecular Hbond substituents is 1. The van der Waals surface area contributed by atoms with Gasteiger partial charge < -0.3 is 9.84 Å². The molecule has 84 valence electrons. The van der Waals surface area contributed by atoms with Crippen molar-refractivity contribution in [3.05, 3.63) is 27.7 Å². The molecule has 0 atom stereocenters. The van der Waals surface area contributed by atoms with Crippen molar-refractivity contribution in [3.8, 4) is 11.8 Å². The lowest BCUT2D eigenvalue weighted by molar-refractivity contribution is -0.142. The predicted molar refractivity (Wildman–Crippen MR) is 60.9 cm³/mol. The van der Waals surface area contributed by atoms with Crippen LogP contribution in [0.3, 0.4) is 0 Å². The Kier molecular flexibility index (Phi) is 4.32. The molecule has 0 saturated heterocycles. The number of nitriles is 1. The van der Waals surface area contributed by atoms with Gasteiger partial charge in [0.05, 0.1) is 23.1 Å². The Morgan fingerprint density at radius 1 is 1.62 bits per heavy atom. The summed E-state index contributed by atoms with van der Waals surface area (Å²) in [5, 5.41) is 18.2. The van der Waals surface area contributed by atoms with E-state index in [4.69, 9.17) is 10.00 Å². The Morgan fingerprint density at radius 2 is 2.31 bits per heavy atom. The molecule has 1 rings (SSSR count). The third-order valence-corrected chi connectivity index (χ3v) is 2.50. The highest BCUT2D eigenvalue weighted by atomic mass is 79.9. The largest absolute Gasteiger partial charge is 0.505 e. The van der Waals surface area contributed by atoms with Gasteiger partial charge in [-0.2, -0.15) is 5.26 Å². The van der Waals surface area contributed by atoms with Crippen molar-refractivity contribution < 1.29 is 14.6 Å². The van der Waals surface area contributed by atoms with E-state index in [1.807, 2.05) is 6.07 Å². The maximum absolute atomic E-state index is 11.2. The van der Waals surface area contributed by atoms with E-state index in [1.54, 1.807) is 13.0 Å². The molecule has 16 heavy (non-hydrogen) atoms. The van der Waals surface area contributed by atoms with Crippen LogP contribution in [0, 0.1) is 11.3 Å². The molecule has 0 radical (unpaired) electrons. The molecule has 5 heteroatoms. The summed E-state index contributed by atoms with van der Waals surface area (Å²) >= 11 is 3.11. The number of ether oxygens (including phenoxy) is 1. The minimum absolute atomic E-state index is 0.0847. The molecule has 0 aromatic heterocycles. The van der Waals surface area contributed by atoms with Gasteiger partial charge in [0.2, 0.25) is 0 Å². The Morgan fingerprint density at radius 3 is 2.88 bits per heavy atom. The van der Waals surface area contributed by atoms with Gasteiger partial charge in [-0.25, -0.2) is 0 Å². The maximum atomic E-state index is 11.2. The van der Waals surface area contributed by atoms with Gasteiger partial charge in [-0.05, 0) is 40.5 Å². The lowest BCUT2D eigenvalue weighted by atomic mass is 10.1. The Balaban J connectivity index is 2.95. The number of carbonyl (C=O) groups is 1. The van der Waals surface area contributed by atoms with E-state index in [0.29, 0.717) is 16.6 Å². The van der Waals surface area contributed by atoms with E-state index in [-0.39, 0.29) is 23.7 Å². The van der Waals surface area contributed by atoms with Crippen molar-refractivity contribution in [2.45, 2.75) is 13.3 Å². The summed E-state index contributed by atoms with van der Waals surface area (Å²) in [6, 6.07) is 4.91. The molecular weight excluding hydrogens is 274 g/mol. The average Bonchev–Trinajstić information content (AvgIpc) is 2.23. The van der Waals surface area contributed by atoms with Gasteiger partial charge in [0, 0.05) is 0 Å². The molecule has 0 heterocycles. The van der Waals surface area contributed by atoms with E-state index >= 15 is 0 Å². The molecule has 0 amide bonds. The summed E-state index contributed by atoms with van der Waals surface area (Å²) in [6.07, 6.45) is 0.0847. The highest BCUT2D eigenvalue weighted by Crippen LogP contribution is 2.29. The van der Waals surface area contributed by atoms with Crippen LogP contribution in [-0.2, 0) is 16.0 Å². The first kappa shape index (κ1) is 12.5. The maximum Gasteiger partial charge on any atom is 0.310 e. The zero-order valence-electron chi connectivity index (χ0n) is 8.66. The molecule has 1 aromatic rings. The summed E-state index contributed by atoms with van der Waals surface area (Å²) in [5.41, 5.74) is 0.758. The Labute approximate surface area is 102 Å². The first-order valence-corrected chi connectivity index (χ1v) is 5.45. The number of hydrogen-bond acceptors (Lipinski definition) is 4. The quantitative estimate of drug-likeness (QED) is 0.863. The third kappa shape index (κ3) is 2.97. The molecule has 1 N–H and O–H groups in total. The molecule has 0 aliphatic rings. The van der Waals surface area contributed by atoms with Crippen LogP contribution in [0.15, 0.2) is 16.6 Å². The van der Waals surface area contributed by atoms with Gasteiger partial charge in [0.15, 0.2) is 0 Å². The zero-order valence-corrected chi connectivity index (χ0v) is 10.2. The number of hydrogen-bond donors (Lipinski definition) is 1. The molecule has 0 aliphatic carbocycles. The van der Waals surface area contributed by atoms with E-state index in [2.05, 4.69) is 15.9 Å².